The van der Waals surface area contributed by atoms with E-state index in [2.05, 4.69) is 10.1 Å². The molecule has 0 fully saturated rings. The Morgan fingerprint density at radius 1 is 1.23 bits per heavy atom. The number of methoxy groups -OCH3 is 1. The van der Waals surface area contributed by atoms with E-state index in [-0.39, 0.29) is 24.2 Å². The molecule has 3 rings (SSSR count). The Bertz CT molecular complexity index is 972. The zero-order chi connectivity index (χ0) is 21.5. The zero-order valence-electron chi connectivity index (χ0n) is 17.5. The molecular weight excluding hydrogens is 385 g/mol. The average Bonchev–Trinajstić information content (AvgIpc) is 3.24. The molecule has 2 aromatic carbocycles. The lowest BCUT2D eigenvalue weighted by molar-refractivity contribution is -0.132. The highest BCUT2D eigenvalue weighted by Crippen LogP contribution is 2.21. The maximum Gasteiger partial charge on any atom is 0.228 e. The number of carbonyl (C=O) groups is 1. The van der Waals surface area contributed by atoms with Crippen molar-refractivity contribution in [2.45, 2.75) is 39.2 Å². The van der Waals surface area contributed by atoms with Gasteiger partial charge in [0.25, 0.3) is 0 Å². The lowest BCUT2D eigenvalue weighted by atomic mass is 10.1. The summed E-state index contributed by atoms with van der Waals surface area (Å²) in [5.74, 6) is 1.34. The molecule has 0 radical (unpaired) electrons. The van der Waals surface area contributed by atoms with Gasteiger partial charge in [-0.25, -0.2) is 4.39 Å². The second-order valence-corrected chi connectivity index (χ2v) is 7.14. The normalized spacial score (nSPS) is 11.9. The van der Waals surface area contributed by atoms with E-state index in [1.54, 1.807) is 19.2 Å². The van der Waals surface area contributed by atoms with Crippen molar-refractivity contribution in [3.8, 4) is 17.1 Å². The molecular formula is C23H26FN3O3. The summed E-state index contributed by atoms with van der Waals surface area (Å²) in [6.45, 7) is 4.52. The molecule has 0 bridgehead atoms. The summed E-state index contributed by atoms with van der Waals surface area (Å²) in [6, 6.07) is 13.5. The van der Waals surface area contributed by atoms with Crippen LogP contribution in [0, 0.1) is 5.82 Å². The lowest BCUT2D eigenvalue weighted by Crippen LogP contribution is -2.40. The molecule has 1 heterocycles. The van der Waals surface area contributed by atoms with Crippen molar-refractivity contribution >= 4 is 5.91 Å². The van der Waals surface area contributed by atoms with Crippen LogP contribution in [-0.2, 0) is 17.6 Å². The summed E-state index contributed by atoms with van der Waals surface area (Å²) in [5, 5.41) is 4.05. The van der Waals surface area contributed by atoms with Gasteiger partial charge in [0, 0.05) is 24.6 Å². The summed E-state index contributed by atoms with van der Waals surface area (Å²) in [5.41, 5.74) is 1.59. The highest BCUT2D eigenvalue weighted by molar-refractivity contribution is 5.79. The first-order valence-electron chi connectivity index (χ1n) is 10.0. The number of hydrogen-bond acceptors (Lipinski definition) is 5. The van der Waals surface area contributed by atoms with Crippen molar-refractivity contribution < 1.29 is 18.4 Å². The van der Waals surface area contributed by atoms with E-state index < -0.39 is 0 Å². The Hall–Kier alpha value is -3.22. The van der Waals surface area contributed by atoms with Crippen molar-refractivity contribution in [1.29, 1.82) is 0 Å². The second kappa shape index (κ2) is 10.0. The molecule has 1 amide bonds. The summed E-state index contributed by atoms with van der Waals surface area (Å²) < 4.78 is 23.7. The van der Waals surface area contributed by atoms with Gasteiger partial charge in [0.15, 0.2) is 0 Å². The predicted octanol–water partition coefficient (Wildman–Crippen LogP) is 4.30. The van der Waals surface area contributed by atoms with E-state index >= 15 is 0 Å². The second-order valence-electron chi connectivity index (χ2n) is 7.14. The van der Waals surface area contributed by atoms with Crippen LogP contribution in [0.1, 0.15) is 31.7 Å². The average molecular weight is 411 g/mol. The Morgan fingerprint density at radius 2 is 2.00 bits per heavy atom. The van der Waals surface area contributed by atoms with Gasteiger partial charge in [-0.2, -0.15) is 4.98 Å². The summed E-state index contributed by atoms with van der Waals surface area (Å²) in [4.78, 5) is 19.1. The molecule has 0 N–H and O–H groups in total. The summed E-state index contributed by atoms with van der Waals surface area (Å²) in [7, 11) is 1.60. The van der Waals surface area contributed by atoms with Gasteiger partial charge in [-0.3, -0.25) is 4.79 Å². The van der Waals surface area contributed by atoms with Crippen LogP contribution in [0.5, 0.6) is 5.75 Å². The predicted molar refractivity (Wildman–Crippen MR) is 112 cm³/mol. The van der Waals surface area contributed by atoms with E-state index in [1.165, 1.54) is 12.1 Å². The first-order valence-corrected chi connectivity index (χ1v) is 10.0. The van der Waals surface area contributed by atoms with Crippen LogP contribution in [0.3, 0.4) is 0 Å². The third-order valence-corrected chi connectivity index (χ3v) is 5.07. The van der Waals surface area contributed by atoms with E-state index in [1.807, 2.05) is 43.0 Å². The lowest BCUT2D eigenvalue weighted by Gasteiger charge is -2.28. The SMILES string of the molecule is CCC(C)N(CCc1nc(-c2cccc(OC)c2)no1)C(=O)Cc1ccc(F)cc1. The molecule has 30 heavy (non-hydrogen) atoms. The quantitative estimate of drug-likeness (QED) is 0.525. The Kier molecular flexibility index (Phi) is 7.17. The largest absolute Gasteiger partial charge is 0.497 e. The van der Waals surface area contributed by atoms with E-state index in [0.29, 0.717) is 30.4 Å². The van der Waals surface area contributed by atoms with Gasteiger partial charge in [0.05, 0.1) is 13.5 Å². The summed E-state index contributed by atoms with van der Waals surface area (Å²) in [6.07, 6.45) is 1.51. The van der Waals surface area contributed by atoms with Crippen LogP contribution < -0.4 is 4.74 Å². The number of nitrogens with zero attached hydrogens (tertiary/aromatic N) is 3. The van der Waals surface area contributed by atoms with Crippen LogP contribution in [-0.4, -0.2) is 40.6 Å². The first kappa shape index (κ1) is 21.5. The molecule has 1 aromatic heterocycles. The number of rotatable bonds is 9. The summed E-state index contributed by atoms with van der Waals surface area (Å²) >= 11 is 0. The minimum atomic E-state index is -0.312. The Morgan fingerprint density at radius 3 is 2.70 bits per heavy atom. The zero-order valence-corrected chi connectivity index (χ0v) is 17.5. The third kappa shape index (κ3) is 5.43. The first-order chi connectivity index (χ1) is 14.5. The fourth-order valence-corrected chi connectivity index (χ4v) is 3.14. The highest BCUT2D eigenvalue weighted by atomic mass is 19.1. The number of carbonyl (C=O) groups excluding carboxylic acids is 1. The van der Waals surface area contributed by atoms with Crippen molar-refractivity contribution in [1.82, 2.24) is 15.0 Å². The van der Waals surface area contributed by atoms with E-state index in [0.717, 1.165) is 17.5 Å². The molecule has 158 valence electrons. The van der Waals surface area contributed by atoms with Gasteiger partial charge < -0.3 is 14.2 Å². The maximum absolute atomic E-state index is 13.1. The van der Waals surface area contributed by atoms with Gasteiger partial charge in [-0.05, 0) is 43.2 Å². The number of ether oxygens (including phenoxy) is 1. The van der Waals surface area contributed by atoms with Crippen LogP contribution in [0.25, 0.3) is 11.4 Å². The van der Waals surface area contributed by atoms with Gasteiger partial charge in [-0.1, -0.05) is 36.3 Å². The number of amides is 1. The number of hydrogen-bond donors (Lipinski definition) is 0. The van der Waals surface area contributed by atoms with Crippen LogP contribution in [0.2, 0.25) is 0 Å². The van der Waals surface area contributed by atoms with E-state index in [4.69, 9.17) is 9.26 Å². The number of aromatic nitrogens is 2. The molecule has 3 aromatic rings. The van der Waals surface area contributed by atoms with Gasteiger partial charge in [0.2, 0.25) is 17.6 Å². The number of benzene rings is 2. The Balaban J connectivity index is 1.66. The van der Waals surface area contributed by atoms with Crippen molar-refractivity contribution in [3.63, 3.8) is 0 Å². The molecule has 0 saturated heterocycles. The van der Waals surface area contributed by atoms with Crippen molar-refractivity contribution in [2.75, 3.05) is 13.7 Å². The van der Waals surface area contributed by atoms with Gasteiger partial charge >= 0.3 is 0 Å². The smallest absolute Gasteiger partial charge is 0.228 e. The minimum absolute atomic E-state index is 0.0107. The third-order valence-electron chi connectivity index (χ3n) is 5.07. The molecule has 6 nitrogen and oxygen atoms in total. The standard InChI is InChI=1S/C23H26FN3O3/c1-4-16(2)27(22(28)14-17-8-10-19(24)11-9-17)13-12-21-25-23(26-30-21)18-6-5-7-20(15-18)29-3/h5-11,15-16H,4,12-14H2,1-3H3. The van der Waals surface area contributed by atoms with Gasteiger partial charge in [0.1, 0.15) is 11.6 Å². The molecule has 1 unspecified atom stereocenters. The van der Waals surface area contributed by atoms with Crippen LogP contribution >= 0.6 is 0 Å². The van der Waals surface area contributed by atoms with Gasteiger partial charge in [-0.15, -0.1) is 0 Å². The van der Waals surface area contributed by atoms with E-state index in [9.17, 15) is 9.18 Å². The maximum atomic E-state index is 13.1. The molecule has 7 heteroatoms. The van der Waals surface area contributed by atoms with Crippen molar-refractivity contribution in [2.24, 2.45) is 0 Å². The molecule has 0 aliphatic carbocycles. The molecule has 0 spiro atoms. The number of halogens is 1. The van der Waals surface area contributed by atoms with Crippen LogP contribution in [0.4, 0.5) is 4.39 Å². The molecule has 0 aliphatic rings. The monoisotopic (exact) mass is 411 g/mol. The topological polar surface area (TPSA) is 68.5 Å². The fourth-order valence-electron chi connectivity index (χ4n) is 3.14. The Labute approximate surface area is 175 Å². The van der Waals surface area contributed by atoms with Crippen LogP contribution in [0.15, 0.2) is 53.1 Å². The highest BCUT2D eigenvalue weighted by Gasteiger charge is 2.20. The molecule has 1 atom stereocenters. The minimum Gasteiger partial charge on any atom is -0.497 e. The fraction of sp³-hybridized carbons (Fsp3) is 0.348. The molecule has 0 aliphatic heterocycles. The molecule has 0 saturated carbocycles. The van der Waals surface area contributed by atoms with Crippen molar-refractivity contribution in [3.05, 3.63) is 65.8 Å².